The molecule has 1 saturated heterocycles. The SMILES string of the molecule is O=C1OC(Cl)(C(F)(F)F)C(Cl)(C(F)(F)F)O1. The molecule has 0 aromatic heterocycles. The van der Waals surface area contributed by atoms with Gasteiger partial charge in [-0.15, -0.1) is 0 Å². The van der Waals surface area contributed by atoms with E-state index >= 15 is 0 Å². The Balaban J connectivity index is 3.34. The lowest BCUT2D eigenvalue weighted by atomic mass is 10.1. The number of hydrogen-bond donors (Lipinski definition) is 0. The summed E-state index contributed by atoms with van der Waals surface area (Å²) < 4.78 is 80.2. The minimum Gasteiger partial charge on any atom is -0.395 e. The zero-order valence-corrected chi connectivity index (χ0v) is 8.26. The molecule has 2 unspecified atom stereocenters. The second-order valence-corrected chi connectivity index (χ2v) is 3.70. The van der Waals surface area contributed by atoms with Gasteiger partial charge in [0, 0.05) is 0 Å². The Kier molecular flexibility index (Phi) is 2.72. The van der Waals surface area contributed by atoms with Crippen molar-refractivity contribution in [3.8, 4) is 0 Å². The molecule has 1 aliphatic rings. The molecular weight excluding hydrogens is 293 g/mol. The summed E-state index contributed by atoms with van der Waals surface area (Å²) in [5.74, 6) is 0. The molecule has 0 bridgehead atoms. The molecule has 1 rings (SSSR count). The molecule has 0 aliphatic carbocycles. The monoisotopic (exact) mass is 292 g/mol. The van der Waals surface area contributed by atoms with Gasteiger partial charge in [-0.25, -0.2) is 4.79 Å². The molecule has 0 aromatic carbocycles. The summed E-state index contributed by atoms with van der Waals surface area (Å²) in [6.07, 6.45) is -13.8. The lowest BCUT2D eigenvalue weighted by Gasteiger charge is -2.33. The fraction of sp³-hybridized carbons (Fsp3) is 0.800. The van der Waals surface area contributed by atoms with E-state index in [1.165, 1.54) is 0 Å². The topological polar surface area (TPSA) is 35.5 Å². The third-order valence-corrected chi connectivity index (χ3v) is 2.80. The standard InChI is InChI=1S/C5Cl2F6O3/c6-2(4(8,9)10)3(7,5(11,12)13)16-1(14)15-2. The van der Waals surface area contributed by atoms with Crippen molar-refractivity contribution in [1.82, 2.24) is 0 Å². The van der Waals surface area contributed by atoms with E-state index in [0.717, 1.165) is 0 Å². The van der Waals surface area contributed by atoms with Gasteiger partial charge in [0.2, 0.25) is 0 Å². The molecule has 0 radical (unpaired) electrons. The maximum absolute atomic E-state index is 12.3. The number of hydrogen-bond acceptors (Lipinski definition) is 3. The van der Waals surface area contributed by atoms with E-state index in [-0.39, 0.29) is 0 Å². The molecule has 0 spiro atoms. The lowest BCUT2D eigenvalue weighted by molar-refractivity contribution is -0.291. The fourth-order valence-electron chi connectivity index (χ4n) is 0.862. The van der Waals surface area contributed by atoms with Crippen LogP contribution in [-0.2, 0) is 9.47 Å². The summed E-state index contributed by atoms with van der Waals surface area (Å²) in [5, 5.41) is -9.03. The van der Waals surface area contributed by atoms with Gasteiger partial charge < -0.3 is 9.47 Å². The maximum atomic E-state index is 12.3. The zero-order chi connectivity index (χ0) is 13.0. The van der Waals surface area contributed by atoms with E-state index < -0.39 is 28.6 Å². The maximum Gasteiger partial charge on any atom is 0.512 e. The Bertz CT molecular complexity index is 297. The second kappa shape index (κ2) is 3.22. The Morgan fingerprint density at radius 2 is 1.12 bits per heavy atom. The van der Waals surface area contributed by atoms with Gasteiger partial charge in [0.15, 0.2) is 0 Å². The first-order valence-corrected chi connectivity index (χ1v) is 4.04. The highest BCUT2D eigenvalue weighted by Crippen LogP contribution is 2.59. The van der Waals surface area contributed by atoms with E-state index in [4.69, 9.17) is 0 Å². The van der Waals surface area contributed by atoms with Crippen molar-refractivity contribution < 1.29 is 40.6 Å². The molecule has 0 aromatic rings. The van der Waals surface area contributed by atoms with Crippen LogP contribution in [0, 0.1) is 0 Å². The predicted octanol–water partition coefficient (Wildman–Crippen LogP) is 3.15. The van der Waals surface area contributed by atoms with E-state index in [1.54, 1.807) is 0 Å². The minimum absolute atomic E-state index is 2.26. The van der Waals surface area contributed by atoms with Crippen molar-refractivity contribution in [2.45, 2.75) is 22.5 Å². The quantitative estimate of drug-likeness (QED) is 0.391. The van der Waals surface area contributed by atoms with Crippen LogP contribution in [0.25, 0.3) is 0 Å². The summed E-state index contributed by atoms with van der Waals surface area (Å²) in [5.41, 5.74) is 0. The van der Waals surface area contributed by atoms with Crippen molar-refractivity contribution in [3.05, 3.63) is 0 Å². The molecule has 0 N–H and O–H groups in total. The summed E-state index contributed by atoms with van der Waals surface area (Å²) in [6, 6.07) is 0. The highest BCUT2D eigenvalue weighted by Gasteiger charge is 2.85. The van der Waals surface area contributed by atoms with Crippen molar-refractivity contribution >= 4 is 29.4 Å². The van der Waals surface area contributed by atoms with Crippen LogP contribution in [0.1, 0.15) is 0 Å². The Morgan fingerprint density at radius 3 is 1.31 bits per heavy atom. The number of carbonyl (C=O) groups is 1. The van der Waals surface area contributed by atoms with Gasteiger partial charge in [0.05, 0.1) is 0 Å². The number of ether oxygens (including phenoxy) is 2. The summed E-state index contributed by atoms with van der Waals surface area (Å²) in [7, 11) is 0. The molecule has 1 aliphatic heterocycles. The van der Waals surface area contributed by atoms with Crippen LogP contribution in [0.15, 0.2) is 0 Å². The Morgan fingerprint density at radius 1 is 0.875 bits per heavy atom. The van der Waals surface area contributed by atoms with E-state index in [9.17, 15) is 31.1 Å². The van der Waals surface area contributed by atoms with Crippen molar-refractivity contribution in [1.29, 1.82) is 0 Å². The lowest BCUT2D eigenvalue weighted by Crippen LogP contribution is -2.61. The molecule has 1 heterocycles. The first-order chi connectivity index (χ1) is 6.85. The van der Waals surface area contributed by atoms with Gasteiger partial charge in [0.25, 0.3) is 0 Å². The van der Waals surface area contributed by atoms with Gasteiger partial charge >= 0.3 is 28.6 Å². The molecule has 16 heavy (non-hydrogen) atoms. The third-order valence-electron chi connectivity index (χ3n) is 1.59. The first-order valence-electron chi connectivity index (χ1n) is 3.28. The first kappa shape index (κ1) is 13.5. The van der Waals surface area contributed by atoms with Crippen molar-refractivity contribution in [2.24, 2.45) is 0 Å². The molecule has 0 saturated carbocycles. The fourth-order valence-corrected chi connectivity index (χ4v) is 1.28. The van der Waals surface area contributed by atoms with Crippen LogP contribution in [0.2, 0.25) is 0 Å². The van der Waals surface area contributed by atoms with E-state index in [1.807, 2.05) is 0 Å². The molecule has 3 nitrogen and oxygen atoms in total. The number of rotatable bonds is 0. The smallest absolute Gasteiger partial charge is 0.395 e. The third kappa shape index (κ3) is 1.56. The van der Waals surface area contributed by atoms with Gasteiger partial charge in [-0.05, 0) is 0 Å². The normalized spacial score (nSPS) is 35.9. The number of halogens is 8. The zero-order valence-electron chi connectivity index (χ0n) is 6.75. The Hall–Kier alpha value is -0.570. The molecule has 2 atom stereocenters. The molecule has 0 amide bonds. The van der Waals surface area contributed by atoms with Crippen LogP contribution in [0.4, 0.5) is 31.1 Å². The average Bonchev–Trinajstić information content (AvgIpc) is 2.21. The number of carbonyl (C=O) groups excluding carboxylic acids is 1. The predicted molar refractivity (Wildman–Crippen MR) is 36.8 cm³/mol. The van der Waals surface area contributed by atoms with Crippen LogP contribution >= 0.6 is 23.2 Å². The van der Waals surface area contributed by atoms with E-state index in [2.05, 4.69) is 32.7 Å². The highest BCUT2D eigenvalue weighted by molar-refractivity contribution is 6.35. The highest BCUT2D eigenvalue weighted by atomic mass is 35.5. The van der Waals surface area contributed by atoms with Gasteiger partial charge in [-0.2, -0.15) is 26.3 Å². The minimum atomic E-state index is -5.77. The second-order valence-electron chi connectivity index (χ2n) is 2.64. The van der Waals surface area contributed by atoms with Gasteiger partial charge in [-0.3, -0.25) is 0 Å². The van der Waals surface area contributed by atoms with Crippen molar-refractivity contribution in [3.63, 3.8) is 0 Å². The molecule has 1 fully saturated rings. The molecule has 94 valence electrons. The van der Waals surface area contributed by atoms with Crippen LogP contribution < -0.4 is 0 Å². The average molecular weight is 293 g/mol. The van der Waals surface area contributed by atoms with Crippen molar-refractivity contribution in [2.75, 3.05) is 0 Å². The Labute approximate surface area is 93.2 Å². The molecule has 11 heteroatoms. The summed E-state index contributed by atoms with van der Waals surface area (Å²) in [4.78, 5) is 10.4. The van der Waals surface area contributed by atoms with Crippen LogP contribution in [0.3, 0.4) is 0 Å². The van der Waals surface area contributed by atoms with Crippen LogP contribution in [0.5, 0.6) is 0 Å². The number of cyclic esters (lactones) is 2. The number of alkyl halides is 8. The van der Waals surface area contributed by atoms with E-state index in [0.29, 0.717) is 0 Å². The van der Waals surface area contributed by atoms with Gasteiger partial charge in [-0.1, -0.05) is 23.2 Å². The van der Waals surface area contributed by atoms with Crippen LogP contribution in [-0.4, -0.2) is 28.6 Å². The summed E-state index contributed by atoms with van der Waals surface area (Å²) >= 11 is 9.18. The summed E-state index contributed by atoms with van der Waals surface area (Å²) in [6.45, 7) is 0. The van der Waals surface area contributed by atoms with Gasteiger partial charge in [0.1, 0.15) is 0 Å². The molecular formula is C5Cl2F6O3. The largest absolute Gasteiger partial charge is 0.512 e.